The predicted octanol–water partition coefficient (Wildman–Crippen LogP) is 4.61. The summed E-state index contributed by atoms with van der Waals surface area (Å²) in [6, 6.07) is 7.45. The van der Waals surface area contributed by atoms with Gasteiger partial charge in [0.15, 0.2) is 11.6 Å². The average Bonchev–Trinajstić information content (AvgIpc) is 3.40. The number of ether oxygens (including phenoxy) is 1. The summed E-state index contributed by atoms with van der Waals surface area (Å²) in [6.07, 6.45) is 4.97. The summed E-state index contributed by atoms with van der Waals surface area (Å²) in [7, 11) is 0. The maximum absolute atomic E-state index is 5.99. The molecule has 158 valence electrons. The average molecular weight is 418 g/mol. The Balaban J connectivity index is 1.60. The minimum Gasteiger partial charge on any atom is -0.421 e. The summed E-state index contributed by atoms with van der Waals surface area (Å²) in [6.45, 7) is 7.73. The lowest BCUT2D eigenvalue weighted by Crippen LogP contribution is -1.97. The molecule has 4 rings (SSSR count). The van der Waals surface area contributed by atoms with E-state index in [1.165, 1.54) is 0 Å². The number of rotatable bonds is 7. The summed E-state index contributed by atoms with van der Waals surface area (Å²) < 4.78 is 16.5. The highest BCUT2D eigenvalue weighted by molar-refractivity contribution is 5.64. The molecule has 0 aliphatic carbocycles. The van der Waals surface area contributed by atoms with Crippen LogP contribution in [0.25, 0.3) is 23.6 Å². The largest absolute Gasteiger partial charge is 0.421 e. The highest BCUT2D eigenvalue weighted by Gasteiger charge is 2.12. The lowest BCUT2D eigenvalue weighted by atomic mass is 10.2. The fraction of sp³-hybridized carbons (Fsp3) is 0.273. The molecule has 0 aliphatic heterocycles. The van der Waals surface area contributed by atoms with Gasteiger partial charge < -0.3 is 13.8 Å². The maximum atomic E-state index is 5.99. The van der Waals surface area contributed by atoms with E-state index in [0.29, 0.717) is 47.3 Å². The van der Waals surface area contributed by atoms with Crippen LogP contribution in [0.1, 0.15) is 48.3 Å². The Morgan fingerprint density at radius 2 is 1.68 bits per heavy atom. The Bertz CT molecular complexity index is 1230. The lowest BCUT2D eigenvalue weighted by molar-refractivity contribution is 0.403. The minimum absolute atomic E-state index is 0.405. The first kappa shape index (κ1) is 20.4. The van der Waals surface area contributed by atoms with Crippen LogP contribution in [-0.4, -0.2) is 30.2 Å². The monoisotopic (exact) mass is 418 g/mol. The SMILES string of the molecule is CCc1cc(-c2nc(C)no2)cc(Oc2cc(C)cc(/C=C/c3nc(CC)no3)n2)n1. The van der Waals surface area contributed by atoms with Crippen LogP contribution >= 0.6 is 0 Å². The molecule has 9 heteroatoms. The van der Waals surface area contributed by atoms with Crippen molar-refractivity contribution in [2.45, 2.75) is 40.5 Å². The quantitative estimate of drug-likeness (QED) is 0.424. The standard InChI is InChI=1S/C22H22N6O3/c1-5-16-11-15(22-23-14(4)27-31-22)12-21(24-16)29-20-10-13(3)9-17(25-20)7-8-19-26-18(6-2)28-30-19/h7-12H,5-6H2,1-4H3/b8-7+. The molecule has 0 fully saturated rings. The van der Waals surface area contributed by atoms with E-state index in [1.807, 2.05) is 39.0 Å². The van der Waals surface area contributed by atoms with Crippen LogP contribution in [0, 0.1) is 13.8 Å². The van der Waals surface area contributed by atoms with Crippen LogP contribution in [0.4, 0.5) is 0 Å². The van der Waals surface area contributed by atoms with Crippen molar-refractivity contribution in [2.75, 3.05) is 0 Å². The van der Waals surface area contributed by atoms with Crippen molar-refractivity contribution in [3.05, 3.63) is 58.8 Å². The molecule has 0 aliphatic rings. The normalized spacial score (nSPS) is 11.4. The molecule has 0 N–H and O–H groups in total. The van der Waals surface area contributed by atoms with Crippen molar-refractivity contribution in [3.8, 4) is 23.2 Å². The van der Waals surface area contributed by atoms with E-state index in [4.69, 9.17) is 13.8 Å². The van der Waals surface area contributed by atoms with E-state index in [1.54, 1.807) is 25.1 Å². The van der Waals surface area contributed by atoms with Crippen molar-refractivity contribution in [2.24, 2.45) is 0 Å². The van der Waals surface area contributed by atoms with E-state index >= 15 is 0 Å². The smallest absolute Gasteiger partial charge is 0.258 e. The third-order valence-corrected chi connectivity index (χ3v) is 4.36. The Kier molecular flexibility index (Phi) is 5.83. The zero-order chi connectivity index (χ0) is 21.8. The number of hydrogen-bond donors (Lipinski definition) is 0. The summed E-state index contributed by atoms with van der Waals surface area (Å²) in [4.78, 5) is 17.6. The molecule has 0 amide bonds. The number of aromatic nitrogens is 6. The van der Waals surface area contributed by atoms with Gasteiger partial charge in [-0.25, -0.2) is 9.97 Å². The molecule has 0 unspecified atom stereocenters. The van der Waals surface area contributed by atoms with Crippen molar-refractivity contribution < 1.29 is 13.8 Å². The first-order chi connectivity index (χ1) is 15.0. The molecule has 0 saturated heterocycles. The zero-order valence-electron chi connectivity index (χ0n) is 17.8. The number of pyridine rings is 2. The predicted molar refractivity (Wildman–Crippen MR) is 113 cm³/mol. The number of hydrogen-bond acceptors (Lipinski definition) is 9. The van der Waals surface area contributed by atoms with Crippen LogP contribution < -0.4 is 4.74 Å². The van der Waals surface area contributed by atoms with Gasteiger partial charge in [0.2, 0.25) is 11.8 Å². The van der Waals surface area contributed by atoms with Crippen LogP contribution in [0.2, 0.25) is 0 Å². The molecule has 0 bridgehead atoms. The van der Waals surface area contributed by atoms with Crippen LogP contribution in [0.15, 0.2) is 33.3 Å². The summed E-state index contributed by atoms with van der Waals surface area (Å²) in [5.74, 6) is 2.91. The third-order valence-electron chi connectivity index (χ3n) is 4.36. The second kappa shape index (κ2) is 8.86. The fourth-order valence-electron chi connectivity index (χ4n) is 2.87. The molecule has 0 saturated carbocycles. The zero-order valence-corrected chi connectivity index (χ0v) is 17.8. The van der Waals surface area contributed by atoms with Crippen LogP contribution in [0.5, 0.6) is 11.8 Å². The second-order valence-electron chi connectivity index (χ2n) is 6.93. The molecule has 0 radical (unpaired) electrons. The summed E-state index contributed by atoms with van der Waals surface area (Å²) in [5, 5.41) is 7.73. The Labute approximate surface area is 179 Å². The Morgan fingerprint density at radius 1 is 0.839 bits per heavy atom. The number of aryl methyl sites for hydroxylation is 4. The summed E-state index contributed by atoms with van der Waals surface area (Å²) >= 11 is 0. The van der Waals surface area contributed by atoms with E-state index in [-0.39, 0.29) is 0 Å². The molecule has 0 atom stereocenters. The molecule has 4 aromatic heterocycles. The van der Waals surface area contributed by atoms with E-state index < -0.39 is 0 Å². The van der Waals surface area contributed by atoms with Crippen molar-refractivity contribution in [1.82, 2.24) is 30.2 Å². The fourth-order valence-corrected chi connectivity index (χ4v) is 2.87. The topological polar surface area (TPSA) is 113 Å². The highest BCUT2D eigenvalue weighted by Crippen LogP contribution is 2.26. The Morgan fingerprint density at radius 3 is 2.39 bits per heavy atom. The molecule has 31 heavy (non-hydrogen) atoms. The minimum atomic E-state index is 0.405. The first-order valence-corrected chi connectivity index (χ1v) is 10.0. The first-order valence-electron chi connectivity index (χ1n) is 10.0. The maximum Gasteiger partial charge on any atom is 0.258 e. The van der Waals surface area contributed by atoms with E-state index in [2.05, 4.69) is 30.2 Å². The van der Waals surface area contributed by atoms with Gasteiger partial charge in [-0.05, 0) is 44.0 Å². The van der Waals surface area contributed by atoms with Gasteiger partial charge in [0, 0.05) is 35.9 Å². The number of nitrogens with zero attached hydrogens (tertiary/aromatic N) is 6. The van der Waals surface area contributed by atoms with Crippen molar-refractivity contribution >= 4 is 12.2 Å². The van der Waals surface area contributed by atoms with Gasteiger partial charge in [-0.15, -0.1) is 0 Å². The molecule has 0 spiro atoms. The van der Waals surface area contributed by atoms with Gasteiger partial charge in [-0.1, -0.05) is 24.2 Å². The third kappa shape index (κ3) is 5.00. The van der Waals surface area contributed by atoms with Gasteiger partial charge in [-0.2, -0.15) is 9.97 Å². The molecule has 0 aromatic carbocycles. The van der Waals surface area contributed by atoms with Crippen molar-refractivity contribution in [3.63, 3.8) is 0 Å². The van der Waals surface area contributed by atoms with Gasteiger partial charge in [-0.3, -0.25) is 0 Å². The van der Waals surface area contributed by atoms with Gasteiger partial charge >= 0.3 is 0 Å². The molecular weight excluding hydrogens is 396 g/mol. The molecule has 4 heterocycles. The highest BCUT2D eigenvalue weighted by atomic mass is 16.5. The van der Waals surface area contributed by atoms with Gasteiger partial charge in [0.25, 0.3) is 11.8 Å². The second-order valence-corrected chi connectivity index (χ2v) is 6.93. The van der Waals surface area contributed by atoms with Gasteiger partial charge in [0.05, 0.1) is 5.69 Å². The van der Waals surface area contributed by atoms with E-state index in [0.717, 1.165) is 23.2 Å². The Hall–Kier alpha value is -3.88. The van der Waals surface area contributed by atoms with E-state index in [9.17, 15) is 0 Å². The van der Waals surface area contributed by atoms with Crippen LogP contribution in [-0.2, 0) is 12.8 Å². The lowest BCUT2D eigenvalue weighted by Gasteiger charge is -2.08. The van der Waals surface area contributed by atoms with Gasteiger partial charge in [0.1, 0.15) is 0 Å². The molecular formula is C22H22N6O3. The molecule has 9 nitrogen and oxygen atoms in total. The van der Waals surface area contributed by atoms with Crippen LogP contribution in [0.3, 0.4) is 0 Å². The van der Waals surface area contributed by atoms with Crippen molar-refractivity contribution in [1.29, 1.82) is 0 Å². The molecule has 4 aromatic rings. The summed E-state index contributed by atoms with van der Waals surface area (Å²) in [5.41, 5.74) is 3.28.